The van der Waals surface area contributed by atoms with Crippen molar-refractivity contribution >= 4 is 13.7 Å². The molecule has 284 valence electrons. The van der Waals surface area contributed by atoms with Crippen LogP contribution in [0.25, 0.3) is 0 Å². The summed E-state index contributed by atoms with van der Waals surface area (Å²) < 4.78 is 23.0. The first-order valence-electron chi connectivity index (χ1n) is 18.6. The van der Waals surface area contributed by atoms with E-state index in [1.165, 1.54) is 0 Å². The number of nitrogens with one attached hydrogen (secondary N) is 1. The summed E-state index contributed by atoms with van der Waals surface area (Å²) in [7, 11) is 1.18. The van der Waals surface area contributed by atoms with Gasteiger partial charge in [-0.15, -0.1) is 0 Å². The van der Waals surface area contributed by atoms with Gasteiger partial charge in [0.25, 0.3) is 7.82 Å². The largest absolute Gasteiger partial charge is 0.756 e. The van der Waals surface area contributed by atoms with Crippen LogP contribution in [0.1, 0.15) is 104 Å². The smallest absolute Gasteiger partial charge is 0.268 e. The summed E-state index contributed by atoms with van der Waals surface area (Å²) in [6.07, 6.45) is 44.8. The van der Waals surface area contributed by atoms with Crippen LogP contribution in [0.3, 0.4) is 0 Å². The Hall–Kier alpha value is -2.58. The Morgan fingerprint density at radius 1 is 0.740 bits per heavy atom. The first-order chi connectivity index (χ1) is 24.0. The van der Waals surface area contributed by atoms with Crippen LogP contribution >= 0.6 is 7.82 Å². The van der Waals surface area contributed by atoms with E-state index < -0.39 is 26.6 Å². The third-order valence-corrected chi connectivity index (χ3v) is 8.31. The van der Waals surface area contributed by atoms with Crippen molar-refractivity contribution in [3.05, 3.63) is 97.2 Å². The molecule has 0 aliphatic heterocycles. The van der Waals surface area contributed by atoms with Gasteiger partial charge in [0.05, 0.1) is 39.9 Å². The van der Waals surface area contributed by atoms with Gasteiger partial charge in [0.15, 0.2) is 0 Å². The molecular formula is C41H69N2O6P. The maximum atomic E-state index is 12.7. The van der Waals surface area contributed by atoms with Gasteiger partial charge in [-0.2, -0.15) is 0 Å². The van der Waals surface area contributed by atoms with Gasteiger partial charge in [-0.25, -0.2) is 0 Å². The van der Waals surface area contributed by atoms with Gasteiger partial charge < -0.3 is 28.8 Å². The highest BCUT2D eigenvalue weighted by molar-refractivity contribution is 7.45. The van der Waals surface area contributed by atoms with Crippen molar-refractivity contribution in [2.75, 3.05) is 40.9 Å². The number of phosphoric acid groups is 1. The number of nitrogens with zero attached hydrogens (tertiary/aromatic N) is 1. The average Bonchev–Trinajstić information content (AvgIpc) is 3.06. The Morgan fingerprint density at radius 3 is 1.82 bits per heavy atom. The number of hydrogen-bond donors (Lipinski definition) is 2. The minimum atomic E-state index is -4.60. The summed E-state index contributed by atoms with van der Waals surface area (Å²) >= 11 is 0. The van der Waals surface area contributed by atoms with Gasteiger partial charge in [-0.1, -0.05) is 111 Å². The van der Waals surface area contributed by atoms with Crippen molar-refractivity contribution in [1.82, 2.24) is 5.32 Å². The van der Waals surface area contributed by atoms with Crippen LogP contribution in [0.15, 0.2) is 97.2 Å². The minimum Gasteiger partial charge on any atom is -0.756 e. The topological polar surface area (TPSA) is 108 Å². The molecule has 0 aromatic heterocycles. The van der Waals surface area contributed by atoms with Crippen LogP contribution in [-0.2, 0) is 18.4 Å². The quantitative estimate of drug-likeness (QED) is 0.0321. The fourth-order valence-electron chi connectivity index (χ4n) is 4.39. The van der Waals surface area contributed by atoms with Gasteiger partial charge in [0.1, 0.15) is 13.2 Å². The molecular weight excluding hydrogens is 647 g/mol. The number of hydrogen-bond acceptors (Lipinski definition) is 6. The number of phosphoric ester groups is 1. The van der Waals surface area contributed by atoms with E-state index in [1.54, 1.807) is 6.08 Å². The van der Waals surface area contributed by atoms with Crippen molar-refractivity contribution in [3.63, 3.8) is 0 Å². The Labute approximate surface area is 305 Å². The molecule has 0 rings (SSSR count). The number of allylic oxidation sites excluding steroid dienone is 15. The Bertz CT molecular complexity index is 1130. The Balaban J connectivity index is 4.58. The molecule has 0 heterocycles. The first kappa shape index (κ1) is 47.4. The van der Waals surface area contributed by atoms with E-state index in [-0.39, 0.29) is 18.9 Å². The molecule has 0 spiro atoms. The lowest BCUT2D eigenvalue weighted by Gasteiger charge is -2.29. The molecule has 8 nitrogen and oxygen atoms in total. The monoisotopic (exact) mass is 716 g/mol. The number of aliphatic hydroxyl groups is 1. The fraction of sp³-hybridized carbons (Fsp3) is 0.585. The average molecular weight is 717 g/mol. The second-order valence-corrected chi connectivity index (χ2v) is 14.6. The number of carbonyl (C=O) groups is 1. The highest BCUT2D eigenvalue weighted by Gasteiger charge is 2.23. The second kappa shape index (κ2) is 32.3. The molecule has 3 atom stereocenters. The third-order valence-electron chi connectivity index (χ3n) is 7.35. The number of unbranched alkanes of at least 4 members (excludes halogenated alkanes) is 5. The standard InChI is InChI=1S/C41H69N2O6P/c1-6-8-10-12-14-16-17-18-19-20-21-22-23-24-25-27-29-31-33-35-41(45)42-39(38-49-50(46,47)48-37-36-43(3,4)5)40(44)34-32-30-28-26-15-13-11-9-7-2/h7-10,14-16,18-19,21-22,24-26,32,34,39-40,44H,6,11-13,17,20,23,27-31,33,35-38H2,1-5H3,(H-,42,45,46,47)/b9-7+,10-8-,16-14-,19-18-,22-21-,25-24-,26-15+,34-32+. The number of amides is 1. The van der Waals surface area contributed by atoms with E-state index in [0.717, 1.165) is 70.6 Å². The molecule has 0 fully saturated rings. The molecule has 0 aliphatic rings. The van der Waals surface area contributed by atoms with Crippen LogP contribution < -0.4 is 10.2 Å². The van der Waals surface area contributed by atoms with E-state index in [1.807, 2.05) is 40.2 Å². The lowest BCUT2D eigenvalue weighted by molar-refractivity contribution is -0.870. The molecule has 0 aromatic carbocycles. The molecule has 2 N–H and O–H groups in total. The van der Waals surface area contributed by atoms with Gasteiger partial charge in [0.2, 0.25) is 5.91 Å². The lowest BCUT2D eigenvalue weighted by atomic mass is 10.1. The van der Waals surface area contributed by atoms with Gasteiger partial charge in [-0.3, -0.25) is 9.36 Å². The fourth-order valence-corrected chi connectivity index (χ4v) is 5.11. The zero-order chi connectivity index (χ0) is 37.2. The van der Waals surface area contributed by atoms with E-state index in [2.05, 4.69) is 91.2 Å². The summed E-state index contributed by atoms with van der Waals surface area (Å²) in [6.45, 7) is 4.18. The van der Waals surface area contributed by atoms with Crippen molar-refractivity contribution < 1.29 is 32.9 Å². The van der Waals surface area contributed by atoms with E-state index in [9.17, 15) is 19.4 Å². The van der Waals surface area contributed by atoms with Gasteiger partial charge in [-0.05, 0) is 84.0 Å². The van der Waals surface area contributed by atoms with E-state index in [4.69, 9.17) is 9.05 Å². The van der Waals surface area contributed by atoms with Gasteiger partial charge in [0, 0.05) is 6.42 Å². The number of rotatable bonds is 31. The van der Waals surface area contributed by atoms with Crippen molar-refractivity contribution in [1.29, 1.82) is 0 Å². The van der Waals surface area contributed by atoms with Crippen LogP contribution in [0.5, 0.6) is 0 Å². The van der Waals surface area contributed by atoms with Crippen molar-refractivity contribution in [2.24, 2.45) is 0 Å². The van der Waals surface area contributed by atoms with Crippen LogP contribution in [0.4, 0.5) is 0 Å². The molecule has 3 unspecified atom stereocenters. The van der Waals surface area contributed by atoms with E-state index >= 15 is 0 Å². The number of quaternary nitrogens is 1. The molecule has 50 heavy (non-hydrogen) atoms. The lowest BCUT2D eigenvalue weighted by Crippen LogP contribution is -2.45. The molecule has 0 aromatic rings. The zero-order valence-corrected chi connectivity index (χ0v) is 32.7. The van der Waals surface area contributed by atoms with Crippen LogP contribution in [0.2, 0.25) is 0 Å². The summed E-state index contributed by atoms with van der Waals surface area (Å²) in [5, 5.41) is 13.6. The number of aliphatic hydroxyl groups excluding tert-OH is 1. The minimum absolute atomic E-state index is 0.0222. The highest BCUT2D eigenvalue weighted by Crippen LogP contribution is 2.38. The van der Waals surface area contributed by atoms with Crippen LogP contribution in [-0.4, -0.2) is 68.5 Å². The second-order valence-electron chi connectivity index (χ2n) is 13.2. The highest BCUT2D eigenvalue weighted by atomic mass is 31.2. The molecule has 0 radical (unpaired) electrons. The SMILES string of the molecule is C/C=C/CC/C=C/CC/C=C/C(O)C(COP(=O)([O-])OCC[N+](C)(C)C)NC(=O)CCCCC/C=C\C/C=C\C/C=C\C/C=C\C/C=C\CC. The maximum Gasteiger partial charge on any atom is 0.268 e. The summed E-state index contributed by atoms with van der Waals surface area (Å²) in [6, 6.07) is -0.930. The molecule has 1 amide bonds. The van der Waals surface area contributed by atoms with Crippen molar-refractivity contribution in [3.8, 4) is 0 Å². The predicted molar refractivity (Wildman–Crippen MR) is 209 cm³/mol. The van der Waals surface area contributed by atoms with Crippen molar-refractivity contribution in [2.45, 2.75) is 116 Å². The number of likely N-dealkylation sites (N-methyl/N-ethyl adjacent to an activating group) is 1. The predicted octanol–water partition coefficient (Wildman–Crippen LogP) is 8.99. The summed E-state index contributed by atoms with van der Waals surface area (Å²) in [5.41, 5.74) is 0. The third kappa shape index (κ3) is 33.9. The maximum absolute atomic E-state index is 12.7. The summed E-state index contributed by atoms with van der Waals surface area (Å²) in [4.78, 5) is 25.1. The van der Waals surface area contributed by atoms with Crippen LogP contribution in [0, 0.1) is 0 Å². The normalized spacial score (nSPS) is 15.7. The molecule has 0 saturated carbocycles. The molecule has 0 aliphatic carbocycles. The number of carbonyl (C=O) groups excluding carboxylic acids is 1. The molecule has 0 saturated heterocycles. The van der Waals surface area contributed by atoms with E-state index in [0.29, 0.717) is 23.9 Å². The molecule has 9 heteroatoms. The summed E-state index contributed by atoms with van der Waals surface area (Å²) in [5.74, 6) is -0.253. The Morgan fingerprint density at radius 2 is 1.26 bits per heavy atom. The first-order valence-corrected chi connectivity index (χ1v) is 20.0. The van der Waals surface area contributed by atoms with Gasteiger partial charge >= 0.3 is 0 Å². The Kier molecular flexibility index (Phi) is 30.7. The molecule has 0 bridgehead atoms. The zero-order valence-electron chi connectivity index (χ0n) is 31.8.